The van der Waals surface area contributed by atoms with Crippen LogP contribution >= 0.6 is 12.6 Å². The summed E-state index contributed by atoms with van der Waals surface area (Å²) in [5, 5.41) is 0. The third kappa shape index (κ3) is 1.25. The quantitative estimate of drug-likeness (QED) is 0.610. The van der Waals surface area contributed by atoms with E-state index in [4.69, 9.17) is 0 Å². The van der Waals surface area contributed by atoms with Crippen LogP contribution in [0.15, 0.2) is 23.4 Å². The van der Waals surface area contributed by atoms with Gasteiger partial charge >= 0.3 is 0 Å². The zero-order valence-electron chi connectivity index (χ0n) is 8.13. The number of pyridine rings is 1. The van der Waals surface area contributed by atoms with Crippen LogP contribution in [-0.4, -0.2) is 4.40 Å². The molecule has 0 unspecified atom stereocenters. The lowest BCUT2D eigenvalue weighted by Crippen LogP contribution is -1.86. The highest BCUT2D eigenvalue weighted by molar-refractivity contribution is 7.80. The minimum atomic E-state index is 1.01. The Morgan fingerprint density at radius 2 is 1.77 bits per heavy atom. The van der Waals surface area contributed by atoms with Crippen LogP contribution in [0.1, 0.15) is 16.7 Å². The van der Waals surface area contributed by atoms with E-state index in [1.54, 1.807) is 0 Å². The predicted molar refractivity (Wildman–Crippen MR) is 58.9 cm³/mol. The third-order valence-corrected chi connectivity index (χ3v) is 2.79. The van der Waals surface area contributed by atoms with Crippen molar-refractivity contribution < 1.29 is 0 Å². The monoisotopic (exact) mass is 191 g/mol. The first-order valence-electron chi connectivity index (χ1n) is 4.37. The van der Waals surface area contributed by atoms with E-state index in [9.17, 15) is 0 Å². The van der Waals surface area contributed by atoms with Gasteiger partial charge in [0.2, 0.25) is 0 Å². The summed E-state index contributed by atoms with van der Waals surface area (Å²) in [7, 11) is 0. The van der Waals surface area contributed by atoms with E-state index in [0.717, 1.165) is 4.90 Å². The molecule has 0 bridgehead atoms. The van der Waals surface area contributed by atoms with Crippen LogP contribution in [0.25, 0.3) is 5.52 Å². The number of nitrogens with zero attached hydrogens (tertiary/aromatic N) is 1. The number of hydrogen-bond acceptors (Lipinski definition) is 1. The second-order valence-corrected chi connectivity index (χ2v) is 4.09. The molecule has 0 aliphatic heterocycles. The normalized spacial score (nSPS) is 11.1. The van der Waals surface area contributed by atoms with Crippen LogP contribution in [0.4, 0.5) is 0 Å². The van der Waals surface area contributed by atoms with Crippen molar-refractivity contribution in [1.82, 2.24) is 4.40 Å². The molecule has 0 atom stereocenters. The standard InChI is InChI=1S/C11H13NS/c1-7-4-10(13)6-12-5-8(2)9(3)11(7)12/h4-6,13H,1-3H3. The number of hydrogen-bond donors (Lipinski definition) is 1. The third-order valence-electron chi connectivity index (χ3n) is 2.55. The SMILES string of the molecule is Cc1cn2cc(S)cc(C)c2c1C. The second-order valence-electron chi connectivity index (χ2n) is 3.57. The average molecular weight is 191 g/mol. The van der Waals surface area contributed by atoms with E-state index < -0.39 is 0 Å². The van der Waals surface area contributed by atoms with Gasteiger partial charge in [0, 0.05) is 17.3 Å². The maximum atomic E-state index is 4.35. The average Bonchev–Trinajstić information content (AvgIpc) is 2.27. The Morgan fingerprint density at radius 3 is 2.46 bits per heavy atom. The summed E-state index contributed by atoms with van der Waals surface area (Å²) in [6.45, 7) is 6.43. The number of aromatic nitrogens is 1. The molecule has 0 spiro atoms. The van der Waals surface area contributed by atoms with Crippen molar-refractivity contribution in [2.24, 2.45) is 0 Å². The number of rotatable bonds is 0. The summed E-state index contributed by atoms with van der Waals surface area (Å²) in [4.78, 5) is 1.01. The lowest BCUT2D eigenvalue weighted by Gasteiger charge is -2.02. The van der Waals surface area contributed by atoms with Crippen molar-refractivity contribution in [3.63, 3.8) is 0 Å². The van der Waals surface area contributed by atoms with Gasteiger partial charge in [-0.05, 0) is 43.5 Å². The molecule has 0 amide bonds. The molecule has 68 valence electrons. The van der Waals surface area contributed by atoms with E-state index >= 15 is 0 Å². The molecule has 0 aliphatic carbocycles. The lowest BCUT2D eigenvalue weighted by atomic mass is 10.1. The zero-order valence-corrected chi connectivity index (χ0v) is 9.02. The molecule has 13 heavy (non-hydrogen) atoms. The highest BCUT2D eigenvalue weighted by Gasteiger charge is 2.05. The fourth-order valence-corrected chi connectivity index (χ4v) is 2.14. The summed E-state index contributed by atoms with van der Waals surface area (Å²) < 4.78 is 2.16. The molecule has 0 saturated heterocycles. The first kappa shape index (κ1) is 8.70. The summed E-state index contributed by atoms with van der Waals surface area (Å²) in [6, 6.07) is 2.10. The summed E-state index contributed by atoms with van der Waals surface area (Å²) >= 11 is 4.35. The van der Waals surface area contributed by atoms with Crippen molar-refractivity contribution in [3.8, 4) is 0 Å². The van der Waals surface area contributed by atoms with Crippen LogP contribution in [0.3, 0.4) is 0 Å². The Bertz CT molecular complexity index is 468. The van der Waals surface area contributed by atoms with Crippen LogP contribution in [0.2, 0.25) is 0 Å². The number of aryl methyl sites for hydroxylation is 3. The molecule has 0 N–H and O–H groups in total. The zero-order chi connectivity index (χ0) is 9.59. The van der Waals surface area contributed by atoms with Gasteiger partial charge in [0.15, 0.2) is 0 Å². The molecule has 0 aromatic carbocycles. The Labute approximate surface area is 83.8 Å². The molecule has 0 aliphatic rings. The number of thiol groups is 1. The molecule has 0 radical (unpaired) electrons. The molecular weight excluding hydrogens is 178 g/mol. The fourth-order valence-electron chi connectivity index (χ4n) is 1.82. The first-order chi connectivity index (χ1) is 6.09. The van der Waals surface area contributed by atoms with Gasteiger partial charge in [0.25, 0.3) is 0 Å². The fraction of sp³-hybridized carbons (Fsp3) is 0.273. The molecule has 0 saturated carbocycles. The maximum Gasteiger partial charge on any atom is 0.0511 e. The molecule has 2 aromatic rings. The van der Waals surface area contributed by atoms with Crippen molar-refractivity contribution >= 4 is 18.1 Å². The molecule has 0 fully saturated rings. The molecule has 2 heterocycles. The van der Waals surface area contributed by atoms with Crippen molar-refractivity contribution in [2.75, 3.05) is 0 Å². The van der Waals surface area contributed by atoms with Gasteiger partial charge in [0.05, 0.1) is 5.52 Å². The van der Waals surface area contributed by atoms with Crippen LogP contribution in [0.5, 0.6) is 0 Å². The predicted octanol–water partition coefficient (Wildman–Crippen LogP) is 3.15. The van der Waals surface area contributed by atoms with Gasteiger partial charge in [0.1, 0.15) is 0 Å². The van der Waals surface area contributed by atoms with Gasteiger partial charge in [-0.25, -0.2) is 0 Å². The van der Waals surface area contributed by atoms with Gasteiger partial charge in [-0.15, -0.1) is 12.6 Å². The lowest BCUT2D eigenvalue weighted by molar-refractivity contribution is 1.12. The summed E-state index contributed by atoms with van der Waals surface area (Å²) in [5.41, 5.74) is 5.31. The largest absolute Gasteiger partial charge is 0.322 e. The Balaban J connectivity index is 2.94. The topological polar surface area (TPSA) is 4.41 Å². The van der Waals surface area contributed by atoms with E-state index in [2.05, 4.69) is 50.1 Å². The Kier molecular flexibility index (Phi) is 1.88. The van der Waals surface area contributed by atoms with Crippen molar-refractivity contribution in [3.05, 3.63) is 35.2 Å². The number of fused-ring (bicyclic) bond motifs is 1. The molecule has 1 nitrogen and oxygen atoms in total. The van der Waals surface area contributed by atoms with E-state index in [0.29, 0.717) is 0 Å². The minimum Gasteiger partial charge on any atom is -0.322 e. The van der Waals surface area contributed by atoms with Crippen LogP contribution in [-0.2, 0) is 0 Å². The molecule has 2 rings (SSSR count). The first-order valence-corrected chi connectivity index (χ1v) is 4.82. The summed E-state index contributed by atoms with van der Waals surface area (Å²) in [6.07, 6.45) is 4.20. The van der Waals surface area contributed by atoms with Crippen molar-refractivity contribution in [1.29, 1.82) is 0 Å². The van der Waals surface area contributed by atoms with Crippen molar-refractivity contribution in [2.45, 2.75) is 25.7 Å². The highest BCUT2D eigenvalue weighted by atomic mass is 32.1. The van der Waals surface area contributed by atoms with E-state index in [-0.39, 0.29) is 0 Å². The van der Waals surface area contributed by atoms with E-state index in [1.807, 2.05) is 6.20 Å². The maximum absolute atomic E-state index is 4.35. The molecule has 2 heteroatoms. The molecule has 2 aromatic heterocycles. The smallest absolute Gasteiger partial charge is 0.0511 e. The highest BCUT2D eigenvalue weighted by Crippen LogP contribution is 2.22. The van der Waals surface area contributed by atoms with Gasteiger partial charge < -0.3 is 4.40 Å². The Morgan fingerprint density at radius 1 is 1.08 bits per heavy atom. The Hall–Kier alpha value is -0.890. The van der Waals surface area contributed by atoms with Gasteiger partial charge in [-0.3, -0.25) is 0 Å². The van der Waals surface area contributed by atoms with Gasteiger partial charge in [-0.1, -0.05) is 0 Å². The van der Waals surface area contributed by atoms with Gasteiger partial charge in [-0.2, -0.15) is 0 Å². The second kappa shape index (κ2) is 2.81. The van der Waals surface area contributed by atoms with Crippen LogP contribution in [0, 0.1) is 20.8 Å². The molecular formula is C11H13NS. The van der Waals surface area contributed by atoms with Crippen LogP contribution < -0.4 is 0 Å². The minimum absolute atomic E-state index is 1.01. The summed E-state index contributed by atoms with van der Waals surface area (Å²) in [5.74, 6) is 0. The van der Waals surface area contributed by atoms with E-state index in [1.165, 1.54) is 22.2 Å².